The molecule has 3 N–H and O–H groups in total. The van der Waals surface area contributed by atoms with Crippen molar-refractivity contribution in [3.8, 4) is 5.75 Å². The van der Waals surface area contributed by atoms with Crippen LogP contribution in [0.4, 0.5) is 5.69 Å². The minimum absolute atomic E-state index is 0. The van der Waals surface area contributed by atoms with E-state index in [9.17, 15) is 8.42 Å². The monoisotopic (exact) mass is 558 g/mol. The van der Waals surface area contributed by atoms with Gasteiger partial charge in [0, 0.05) is 25.7 Å². The molecule has 0 atom stereocenters. The molecule has 0 aromatic heterocycles. The van der Waals surface area contributed by atoms with E-state index in [2.05, 4.69) is 45.5 Å². The van der Waals surface area contributed by atoms with E-state index in [1.807, 2.05) is 12.1 Å². The number of guanidine groups is 1. The second kappa shape index (κ2) is 11.6. The van der Waals surface area contributed by atoms with E-state index in [4.69, 9.17) is 4.74 Å². The van der Waals surface area contributed by atoms with Gasteiger partial charge in [-0.3, -0.25) is 9.71 Å². The lowest BCUT2D eigenvalue weighted by Gasteiger charge is -2.16. The Kier molecular flexibility index (Phi) is 9.42. The summed E-state index contributed by atoms with van der Waals surface area (Å²) in [6.07, 6.45) is 3.65. The average molecular weight is 558 g/mol. The first-order chi connectivity index (χ1) is 14.3. The highest BCUT2D eigenvalue weighted by Crippen LogP contribution is 2.30. The van der Waals surface area contributed by atoms with Crippen molar-refractivity contribution < 1.29 is 13.2 Å². The summed E-state index contributed by atoms with van der Waals surface area (Å²) in [5, 5.41) is 6.54. The van der Waals surface area contributed by atoms with Crippen LogP contribution in [0.25, 0.3) is 0 Å². The summed E-state index contributed by atoms with van der Waals surface area (Å²) >= 11 is 0. The molecule has 1 fully saturated rings. The number of halogens is 1. The molecule has 170 valence electrons. The number of sulfonamides is 1. The van der Waals surface area contributed by atoms with Crippen LogP contribution in [0.2, 0.25) is 0 Å². The lowest BCUT2D eigenvalue weighted by molar-refractivity contribution is 0.296. The molecule has 0 spiro atoms. The van der Waals surface area contributed by atoms with Gasteiger partial charge in [-0.15, -0.1) is 24.0 Å². The molecule has 9 heteroatoms. The second-order valence-corrected chi connectivity index (χ2v) is 9.42. The number of anilines is 1. The first-order valence-corrected chi connectivity index (χ1v) is 12.0. The van der Waals surface area contributed by atoms with Crippen molar-refractivity contribution in [1.29, 1.82) is 0 Å². The van der Waals surface area contributed by atoms with Gasteiger partial charge in [0.2, 0.25) is 10.0 Å². The van der Waals surface area contributed by atoms with Crippen LogP contribution in [-0.4, -0.2) is 34.3 Å². The van der Waals surface area contributed by atoms with E-state index in [0.29, 0.717) is 30.7 Å². The third-order valence-corrected chi connectivity index (χ3v) is 5.41. The molecule has 1 aliphatic rings. The van der Waals surface area contributed by atoms with Crippen molar-refractivity contribution in [3.63, 3.8) is 0 Å². The highest BCUT2D eigenvalue weighted by molar-refractivity contribution is 14.0. The van der Waals surface area contributed by atoms with Crippen LogP contribution in [0.3, 0.4) is 0 Å². The molecule has 2 aromatic carbocycles. The van der Waals surface area contributed by atoms with Crippen molar-refractivity contribution in [1.82, 2.24) is 10.6 Å². The van der Waals surface area contributed by atoms with Crippen molar-refractivity contribution in [2.45, 2.75) is 32.9 Å². The van der Waals surface area contributed by atoms with Gasteiger partial charge in [-0.05, 0) is 48.9 Å². The van der Waals surface area contributed by atoms with E-state index < -0.39 is 10.0 Å². The minimum Gasteiger partial charge on any atom is -0.493 e. The fourth-order valence-electron chi connectivity index (χ4n) is 2.99. The number of aliphatic imine (C=N–C) groups is 1. The second-order valence-electron chi connectivity index (χ2n) is 7.68. The van der Waals surface area contributed by atoms with Gasteiger partial charge < -0.3 is 15.4 Å². The number of nitrogens with one attached hydrogen (secondary N) is 3. The fraction of sp³-hybridized carbons (Fsp3) is 0.409. The highest BCUT2D eigenvalue weighted by atomic mass is 127. The quantitative estimate of drug-likeness (QED) is 0.249. The van der Waals surface area contributed by atoms with E-state index in [1.165, 1.54) is 18.4 Å². The molecule has 0 radical (unpaired) electrons. The topological polar surface area (TPSA) is 91.8 Å². The number of aryl methyl sites for hydroxylation is 1. The largest absolute Gasteiger partial charge is 0.493 e. The molecule has 0 heterocycles. The molecule has 2 aromatic rings. The van der Waals surface area contributed by atoms with Crippen LogP contribution in [0.15, 0.2) is 47.5 Å². The minimum atomic E-state index is -3.34. The SMILES string of the molecule is CN=C(NCc1ccccc1NS(C)(=O)=O)NCc1ccc(C)cc1OCC1CC1.I. The summed E-state index contributed by atoms with van der Waals surface area (Å²) in [5.74, 6) is 2.23. The molecule has 1 saturated carbocycles. The zero-order valence-corrected chi connectivity index (χ0v) is 21.3. The maximum atomic E-state index is 11.6. The molecule has 0 saturated heterocycles. The highest BCUT2D eigenvalue weighted by Gasteiger charge is 2.22. The smallest absolute Gasteiger partial charge is 0.229 e. The molecule has 1 aliphatic carbocycles. The van der Waals surface area contributed by atoms with E-state index in [1.54, 1.807) is 19.2 Å². The third kappa shape index (κ3) is 8.56. The molecule has 7 nitrogen and oxygen atoms in total. The lowest BCUT2D eigenvalue weighted by Crippen LogP contribution is -2.36. The summed E-state index contributed by atoms with van der Waals surface area (Å²) in [5.41, 5.74) is 3.62. The summed E-state index contributed by atoms with van der Waals surface area (Å²) < 4.78 is 31.7. The number of ether oxygens (including phenoxy) is 1. The standard InChI is InChI=1S/C22H30N4O3S.HI/c1-16-8-11-19(21(12-16)29-15-17-9-10-17)14-25-22(23-2)24-13-18-6-4-5-7-20(18)26-30(3,27)28;/h4-8,11-12,17,26H,9-10,13-15H2,1-3H3,(H2,23,24,25);1H. The Morgan fingerprint density at radius 1 is 1.10 bits per heavy atom. The van der Waals surface area contributed by atoms with Crippen molar-refractivity contribution >= 4 is 45.6 Å². The normalized spacial score (nSPS) is 13.8. The van der Waals surface area contributed by atoms with E-state index in [-0.39, 0.29) is 24.0 Å². The molecule has 3 rings (SSSR count). The number of rotatable bonds is 9. The summed E-state index contributed by atoms with van der Waals surface area (Å²) in [6, 6.07) is 13.5. The third-order valence-electron chi connectivity index (χ3n) is 4.82. The molecular weight excluding hydrogens is 527 g/mol. The van der Waals surface area contributed by atoms with Crippen molar-refractivity contribution in [3.05, 3.63) is 59.2 Å². The van der Waals surface area contributed by atoms with Gasteiger partial charge in [-0.25, -0.2) is 8.42 Å². The Labute approximate surface area is 202 Å². The predicted molar refractivity (Wildman–Crippen MR) is 137 cm³/mol. The lowest BCUT2D eigenvalue weighted by atomic mass is 10.1. The average Bonchev–Trinajstić information content (AvgIpc) is 3.52. The van der Waals surface area contributed by atoms with Crippen molar-refractivity contribution in [2.24, 2.45) is 10.9 Å². The van der Waals surface area contributed by atoms with E-state index >= 15 is 0 Å². The number of para-hydroxylation sites is 1. The summed E-state index contributed by atoms with van der Waals surface area (Å²) in [7, 11) is -1.64. The zero-order valence-electron chi connectivity index (χ0n) is 18.1. The Hall–Kier alpha value is -2.01. The zero-order chi connectivity index (χ0) is 21.6. The molecule has 0 bridgehead atoms. The first-order valence-electron chi connectivity index (χ1n) is 10.1. The number of hydrogen-bond acceptors (Lipinski definition) is 4. The van der Waals surface area contributed by atoms with Gasteiger partial charge in [0.15, 0.2) is 5.96 Å². The fourth-order valence-corrected chi connectivity index (χ4v) is 3.59. The van der Waals surface area contributed by atoms with Gasteiger partial charge >= 0.3 is 0 Å². The number of benzene rings is 2. The molecule has 0 unspecified atom stereocenters. The first kappa shape index (κ1) is 25.3. The maximum Gasteiger partial charge on any atom is 0.229 e. The number of hydrogen-bond donors (Lipinski definition) is 3. The Bertz CT molecular complexity index is 1010. The van der Waals surface area contributed by atoms with Gasteiger partial charge in [0.05, 0.1) is 18.6 Å². The predicted octanol–water partition coefficient (Wildman–Crippen LogP) is 3.64. The van der Waals surface area contributed by atoms with Crippen LogP contribution in [0, 0.1) is 12.8 Å². The van der Waals surface area contributed by atoms with Crippen LogP contribution >= 0.6 is 24.0 Å². The summed E-state index contributed by atoms with van der Waals surface area (Å²) in [4.78, 5) is 4.27. The van der Waals surface area contributed by atoms with E-state index in [0.717, 1.165) is 29.7 Å². The molecule has 31 heavy (non-hydrogen) atoms. The number of nitrogens with zero attached hydrogens (tertiary/aromatic N) is 1. The van der Waals surface area contributed by atoms with Crippen LogP contribution in [-0.2, 0) is 23.1 Å². The molecule has 0 aliphatic heterocycles. The Morgan fingerprint density at radius 3 is 2.42 bits per heavy atom. The molecule has 0 amide bonds. The van der Waals surface area contributed by atoms with Crippen LogP contribution < -0.4 is 20.1 Å². The molecular formula is C22H31IN4O3S. The summed E-state index contributed by atoms with van der Waals surface area (Å²) in [6.45, 7) is 3.83. The van der Waals surface area contributed by atoms with Gasteiger partial charge in [0.25, 0.3) is 0 Å². The van der Waals surface area contributed by atoms with Crippen LogP contribution in [0.5, 0.6) is 5.75 Å². The van der Waals surface area contributed by atoms with Crippen LogP contribution in [0.1, 0.15) is 29.5 Å². The Morgan fingerprint density at radius 2 is 1.77 bits per heavy atom. The van der Waals surface area contributed by atoms with Gasteiger partial charge in [0.1, 0.15) is 5.75 Å². The maximum absolute atomic E-state index is 11.6. The Balaban J connectivity index is 0.00000341. The van der Waals surface area contributed by atoms with Gasteiger partial charge in [-0.2, -0.15) is 0 Å². The van der Waals surface area contributed by atoms with Gasteiger partial charge in [-0.1, -0.05) is 30.3 Å². The van der Waals surface area contributed by atoms with Crippen molar-refractivity contribution in [2.75, 3.05) is 24.6 Å².